The molecule has 1 aromatic carbocycles. The average Bonchev–Trinajstić information content (AvgIpc) is 2.94. The van der Waals surface area contributed by atoms with Gasteiger partial charge in [0, 0.05) is 0 Å². The van der Waals surface area contributed by atoms with Crippen molar-refractivity contribution >= 4 is 28.2 Å². The Balaban J connectivity index is 1.94. The predicted octanol–water partition coefficient (Wildman–Crippen LogP) is 3.97. The Labute approximate surface area is 133 Å². The van der Waals surface area contributed by atoms with E-state index in [1.807, 2.05) is 24.3 Å². The monoisotopic (exact) mass is 317 g/mol. The minimum Gasteiger partial charge on any atom is -0.478 e. The highest BCUT2D eigenvalue weighted by Gasteiger charge is 2.14. The molecule has 0 spiro atoms. The smallest absolute Gasteiger partial charge is 0.338 e. The molecule has 0 saturated carbocycles. The van der Waals surface area contributed by atoms with E-state index in [0.29, 0.717) is 5.00 Å². The van der Waals surface area contributed by atoms with Gasteiger partial charge in [0.05, 0.1) is 12.0 Å². The van der Waals surface area contributed by atoms with Crippen molar-refractivity contribution in [1.29, 1.82) is 0 Å². The summed E-state index contributed by atoms with van der Waals surface area (Å²) in [5.74, 6) is -1.23. The molecule has 1 heterocycles. The SMILES string of the molecule is CCCCc1ccc(CC(=O)Nc2sccc2C(=O)O)cc1. The molecule has 0 saturated heterocycles. The molecular formula is C17H19NO3S. The quantitative estimate of drug-likeness (QED) is 0.812. The lowest BCUT2D eigenvalue weighted by Gasteiger charge is -2.06. The second-order valence-electron chi connectivity index (χ2n) is 5.11. The molecule has 0 unspecified atom stereocenters. The van der Waals surface area contributed by atoms with Gasteiger partial charge in [0.1, 0.15) is 5.00 Å². The Bertz CT molecular complexity index is 646. The molecule has 4 nitrogen and oxygen atoms in total. The molecule has 1 amide bonds. The fraction of sp³-hybridized carbons (Fsp3) is 0.294. The first kappa shape index (κ1) is 16.2. The number of hydrogen-bond donors (Lipinski definition) is 2. The molecule has 116 valence electrons. The standard InChI is InChI=1S/C17H19NO3S/c1-2-3-4-12-5-7-13(8-6-12)11-15(19)18-16-14(17(20)21)9-10-22-16/h5-10H,2-4,11H2,1H3,(H,18,19)(H,20,21). The number of benzene rings is 1. The van der Waals surface area contributed by atoms with E-state index in [0.717, 1.165) is 24.8 Å². The number of hydrogen-bond acceptors (Lipinski definition) is 3. The molecule has 5 heteroatoms. The Morgan fingerprint density at radius 2 is 1.82 bits per heavy atom. The summed E-state index contributed by atoms with van der Waals surface area (Å²) >= 11 is 1.22. The molecular weight excluding hydrogens is 298 g/mol. The van der Waals surface area contributed by atoms with Gasteiger partial charge in [-0.25, -0.2) is 4.79 Å². The highest BCUT2D eigenvalue weighted by Crippen LogP contribution is 2.23. The van der Waals surface area contributed by atoms with Crippen molar-refractivity contribution < 1.29 is 14.7 Å². The van der Waals surface area contributed by atoms with E-state index in [-0.39, 0.29) is 17.9 Å². The minimum absolute atomic E-state index is 0.133. The van der Waals surface area contributed by atoms with Gasteiger partial charge in [-0.15, -0.1) is 11.3 Å². The number of nitrogens with one attached hydrogen (secondary N) is 1. The van der Waals surface area contributed by atoms with E-state index in [1.165, 1.54) is 23.0 Å². The third-order valence-electron chi connectivity index (χ3n) is 3.36. The van der Waals surface area contributed by atoms with Gasteiger partial charge in [-0.05, 0) is 35.4 Å². The topological polar surface area (TPSA) is 66.4 Å². The summed E-state index contributed by atoms with van der Waals surface area (Å²) < 4.78 is 0. The molecule has 0 fully saturated rings. The summed E-state index contributed by atoms with van der Waals surface area (Å²) in [6, 6.07) is 9.50. The fourth-order valence-electron chi connectivity index (χ4n) is 2.14. The summed E-state index contributed by atoms with van der Waals surface area (Å²) in [5.41, 5.74) is 2.33. The van der Waals surface area contributed by atoms with Crippen LogP contribution >= 0.6 is 11.3 Å². The molecule has 0 aliphatic heterocycles. The van der Waals surface area contributed by atoms with E-state index in [1.54, 1.807) is 5.38 Å². The van der Waals surface area contributed by atoms with Crippen LogP contribution in [0.2, 0.25) is 0 Å². The van der Waals surface area contributed by atoms with Crippen molar-refractivity contribution in [2.24, 2.45) is 0 Å². The lowest BCUT2D eigenvalue weighted by molar-refractivity contribution is -0.115. The van der Waals surface area contributed by atoms with Crippen LogP contribution in [-0.2, 0) is 17.6 Å². The first-order valence-electron chi connectivity index (χ1n) is 7.28. The van der Waals surface area contributed by atoms with Crippen LogP contribution in [0.1, 0.15) is 41.3 Å². The van der Waals surface area contributed by atoms with Gasteiger partial charge in [-0.1, -0.05) is 37.6 Å². The van der Waals surface area contributed by atoms with Crippen LogP contribution in [-0.4, -0.2) is 17.0 Å². The molecule has 0 aliphatic carbocycles. The number of amides is 1. The van der Waals surface area contributed by atoms with Crippen LogP contribution in [0, 0.1) is 0 Å². The molecule has 0 bridgehead atoms. The van der Waals surface area contributed by atoms with Crippen LogP contribution in [0.4, 0.5) is 5.00 Å². The number of anilines is 1. The highest BCUT2D eigenvalue weighted by atomic mass is 32.1. The Hall–Kier alpha value is -2.14. The van der Waals surface area contributed by atoms with Gasteiger partial charge in [-0.3, -0.25) is 4.79 Å². The van der Waals surface area contributed by atoms with Crippen LogP contribution in [0.5, 0.6) is 0 Å². The van der Waals surface area contributed by atoms with Crippen LogP contribution < -0.4 is 5.32 Å². The Morgan fingerprint density at radius 1 is 1.14 bits per heavy atom. The molecule has 1 aromatic heterocycles. The van der Waals surface area contributed by atoms with Gasteiger partial charge >= 0.3 is 5.97 Å². The van der Waals surface area contributed by atoms with Crippen molar-refractivity contribution in [2.45, 2.75) is 32.6 Å². The lowest BCUT2D eigenvalue weighted by atomic mass is 10.0. The maximum Gasteiger partial charge on any atom is 0.338 e. The Kier molecular flexibility index (Phi) is 5.72. The molecule has 2 rings (SSSR count). The van der Waals surface area contributed by atoms with Gasteiger partial charge in [-0.2, -0.15) is 0 Å². The summed E-state index contributed by atoms with van der Waals surface area (Å²) in [7, 11) is 0. The van der Waals surface area contributed by atoms with E-state index in [4.69, 9.17) is 5.11 Å². The number of unbranched alkanes of at least 4 members (excludes halogenated alkanes) is 1. The molecule has 2 aromatic rings. The van der Waals surface area contributed by atoms with Crippen molar-refractivity contribution in [3.8, 4) is 0 Å². The van der Waals surface area contributed by atoms with E-state index < -0.39 is 5.97 Å². The normalized spacial score (nSPS) is 10.4. The largest absolute Gasteiger partial charge is 0.478 e. The van der Waals surface area contributed by atoms with Crippen LogP contribution in [0.25, 0.3) is 0 Å². The highest BCUT2D eigenvalue weighted by molar-refractivity contribution is 7.14. The number of aryl methyl sites for hydroxylation is 1. The summed E-state index contributed by atoms with van der Waals surface area (Å²) in [5, 5.41) is 13.7. The van der Waals surface area contributed by atoms with E-state index in [2.05, 4.69) is 12.2 Å². The Morgan fingerprint density at radius 3 is 2.45 bits per heavy atom. The molecule has 2 N–H and O–H groups in total. The number of carboxylic acids is 1. The maximum absolute atomic E-state index is 12.0. The summed E-state index contributed by atoms with van der Waals surface area (Å²) in [6.07, 6.45) is 3.62. The van der Waals surface area contributed by atoms with Crippen LogP contribution in [0.15, 0.2) is 35.7 Å². The van der Waals surface area contributed by atoms with Crippen molar-refractivity contribution in [1.82, 2.24) is 0 Å². The first-order chi connectivity index (χ1) is 10.6. The van der Waals surface area contributed by atoms with Gasteiger partial charge < -0.3 is 10.4 Å². The second-order valence-corrected chi connectivity index (χ2v) is 6.03. The number of carboxylic acid groups (broad SMARTS) is 1. The van der Waals surface area contributed by atoms with E-state index >= 15 is 0 Å². The molecule has 0 atom stereocenters. The molecule has 0 radical (unpaired) electrons. The summed E-state index contributed by atoms with van der Waals surface area (Å²) in [6.45, 7) is 2.16. The number of carbonyl (C=O) groups is 2. The third-order valence-corrected chi connectivity index (χ3v) is 4.19. The lowest BCUT2D eigenvalue weighted by Crippen LogP contribution is -2.15. The number of aromatic carboxylic acids is 1. The zero-order valence-corrected chi connectivity index (χ0v) is 13.3. The third kappa shape index (κ3) is 4.43. The van der Waals surface area contributed by atoms with Crippen molar-refractivity contribution in [3.63, 3.8) is 0 Å². The first-order valence-corrected chi connectivity index (χ1v) is 8.16. The second kappa shape index (κ2) is 7.75. The fourth-order valence-corrected chi connectivity index (χ4v) is 2.93. The average molecular weight is 317 g/mol. The maximum atomic E-state index is 12.0. The number of carbonyl (C=O) groups excluding carboxylic acids is 1. The number of thiophene rings is 1. The van der Waals surface area contributed by atoms with Crippen molar-refractivity contribution in [3.05, 3.63) is 52.4 Å². The molecule has 0 aliphatic rings. The minimum atomic E-state index is -1.03. The van der Waals surface area contributed by atoms with E-state index in [9.17, 15) is 9.59 Å². The van der Waals surface area contributed by atoms with Gasteiger partial charge in [0.2, 0.25) is 5.91 Å². The predicted molar refractivity (Wildman–Crippen MR) is 88.7 cm³/mol. The zero-order valence-electron chi connectivity index (χ0n) is 12.5. The number of rotatable bonds is 7. The summed E-state index contributed by atoms with van der Waals surface area (Å²) in [4.78, 5) is 23.0. The molecule has 22 heavy (non-hydrogen) atoms. The zero-order chi connectivity index (χ0) is 15.9. The van der Waals surface area contributed by atoms with Gasteiger partial charge in [0.15, 0.2) is 0 Å². The van der Waals surface area contributed by atoms with Gasteiger partial charge in [0.25, 0.3) is 0 Å². The van der Waals surface area contributed by atoms with Crippen molar-refractivity contribution in [2.75, 3.05) is 5.32 Å². The van der Waals surface area contributed by atoms with Crippen LogP contribution in [0.3, 0.4) is 0 Å².